The molecule has 2 aliphatic rings. The number of carbonyl (C=O) groups excluding carboxylic acids is 3. The van der Waals surface area contributed by atoms with Crippen molar-refractivity contribution >= 4 is 46.5 Å². The number of aryl methyl sites for hydroxylation is 3. The maximum atomic E-state index is 14.0. The van der Waals surface area contributed by atoms with Crippen molar-refractivity contribution in [2.75, 3.05) is 27.4 Å². The molecule has 34 heavy (non-hydrogen) atoms. The molecule has 1 saturated heterocycles. The van der Waals surface area contributed by atoms with Gasteiger partial charge in [0.1, 0.15) is 6.54 Å². The number of fused-ring (bicyclic) bond motifs is 2. The zero-order chi connectivity index (χ0) is 24.0. The zero-order valence-electron chi connectivity index (χ0n) is 19.3. The first kappa shape index (κ1) is 22.2. The highest BCUT2D eigenvalue weighted by molar-refractivity contribution is 8.02. The Bertz CT molecular complexity index is 1300. The summed E-state index contributed by atoms with van der Waals surface area (Å²) in [6, 6.07) is 20.7. The van der Waals surface area contributed by atoms with Gasteiger partial charge in [-0.2, -0.15) is 0 Å². The lowest BCUT2D eigenvalue weighted by Gasteiger charge is -2.33. The lowest BCUT2D eigenvalue weighted by Crippen LogP contribution is -2.50. The van der Waals surface area contributed by atoms with Gasteiger partial charge >= 0.3 is 0 Å². The number of amides is 3. The number of rotatable bonds is 4. The maximum Gasteiger partial charge on any atom is 0.269 e. The molecule has 0 radical (unpaired) electrons. The van der Waals surface area contributed by atoms with Crippen molar-refractivity contribution in [2.45, 2.75) is 25.6 Å². The van der Waals surface area contributed by atoms with Crippen molar-refractivity contribution in [3.8, 4) is 0 Å². The molecule has 5 rings (SSSR count). The van der Waals surface area contributed by atoms with Crippen LogP contribution in [0.2, 0.25) is 0 Å². The Hall–Kier alpha value is -3.58. The van der Waals surface area contributed by atoms with Crippen molar-refractivity contribution in [2.24, 2.45) is 0 Å². The molecule has 1 atom stereocenters. The van der Waals surface area contributed by atoms with Crippen molar-refractivity contribution in [1.82, 2.24) is 0 Å². The third-order valence-electron chi connectivity index (χ3n) is 6.32. The van der Waals surface area contributed by atoms with Gasteiger partial charge in [0.15, 0.2) is 0 Å². The van der Waals surface area contributed by atoms with E-state index in [0.717, 1.165) is 27.9 Å². The summed E-state index contributed by atoms with van der Waals surface area (Å²) in [6.45, 7) is 5.80. The molecule has 2 heterocycles. The second kappa shape index (κ2) is 8.33. The van der Waals surface area contributed by atoms with Gasteiger partial charge in [0.2, 0.25) is 16.7 Å². The number of nitrogens with one attached hydrogen (secondary N) is 1. The van der Waals surface area contributed by atoms with Crippen LogP contribution < -0.4 is 15.1 Å². The highest BCUT2D eigenvalue weighted by Crippen LogP contribution is 2.55. The summed E-state index contributed by atoms with van der Waals surface area (Å²) in [7, 11) is 0. The lowest BCUT2D eigenvalue weighted by atomic mass is 10.0. The highest BCUT2D eigenvalue weighted by Gasteiger charge is 2.61. The molecule has 6 nitrogen and oxygen atoms in total. The molecule has 2 aliphatic heterocycles. The van der Waals surface area contributed by atoms with Gasteiger partial charge in [-0.05, 0) is 50.1 Å². The lowest BCUT2D eigenvalue weighted by molar-refractivity contribution is -0.124. The van der Waals surface area contributed by atoms with Crippen LogP contribution in [-0.4, -0.2) is 30.0 Å². The summed E-state index contributed by atoms with van der Waals surface area (Å²) >= 11 is 1.31. The third kappa shape index (κ3) is 3.39. The molecular weight excluding hydrogens is 446 g/mol. The van der Waals surface area contributed by atoms with Crippen molar-refractivity contribution < 1.29 is 14.4 Å². The minimum atomic E-state index is -1.22. The maximum absolute atomic E-state index is 14.0. The number of para-hydroxylation sites is 2. The monoisotopic (exact) mass is 471 g/mol. The van der Waals surface area contributed by atoms with Crippen LogP contribution in [0.3, 0.4) is 0 Å². The van der Waals surface area contributed by atoms with Gasteiger partial charge in [0.25, 0.3) is 5.91 Å². The van der Waals surface area contributed by atoms with Crippen molar-refractivity contribution in [3.63, 3.8) is 0 Å². The molecule has 0 aliphatic carbocycles. The molecule has 0 unspecified atom stereocenters. The van der Waals surface area contributed by atoms with Crippen LogP contribution in [0.25, 0.3) is 0 Å². The van der Waals surface area contributed by atoms with E-state index in [1.54, 1.807) is 4.90 Å². The van der Waals surface area contributed by atoms with E-state index in [1.807, 2.05) is 87.5 Å². The second-order valence-corrected chi connectivity index (χ2v) is 9.90. The van der Waals surface area contributed by atoms with E-state index in [9.17, 15) is 14.4 Å². The molecule has 3 aromatic carbocycles. The molecule has 0 saturated carbocycles. The normalized spacial score (nSPS) is 19.1. The Kier molecular flexibility index (Phi) is 5.44. The van der Waals surface area contributed by atoms with Gasteiger partial charge in [0.05, 0.1) is 11.4 Å². The predicted octanol–water partition coefficient (Wildman–Crippen LogP) is 4.53. The number of hydrogen-bond donors (Lipinski definition) is 1. The number of thioether (sulfide) groups is 1. The molecule has 3 amide bonds. The number of carbonyl (C=O) groups is 3. The van der Waals surface area contributed by atoms with Gasteiger partial charge in [0, 0.05) is 16.9 Å². The van der Waals surface area contributed by atoms with Crippen LogP contribution in [-0.2, 0) is 19.3 Å². The van der Waals surface area contributed by atoms with E-state index < -0.39 is 4.87 Å². The Morgan fingerprint density at radius 3 is 2.32 bits per heavy atom. The second-order valence-electron chi connectivity index (χ2n) is 8.73. The van der Waals surface area contributed by atoms with Gasteiger partial charge < -0.3 is 5.32 Å². The largest absolute Gasteiger partial charge is 0.324 e. The van der Waals surface area contributed by atoms with E-state index in [-0.39, 0.29) is 30.0 Å². The summed E-state index contributed by atoms with van der Waals surface area (Å²) in [5.41, 5.74) is 5.89. The molecular formula is C27H25N3O3S. The van der Waals surface area contributed by atoms with Crippen molar-refractivity contribution in [3.05, 3.63) is 89.0 Å². The molecule has 7 heteroatoms. The first-order valence-corrected chi connectivity index (χ1v) is 12.1. The molecule has 0 aromatic heterocycles. The number of benzene rings is 3. The summed E-state index contributed by atoms with van der Waals surface area (Å²) in [6.07, 6.45) is 0. The average Bonchev–Trinajstić information content (AvgIpc) is 3.28. The number of nitrogens with zero attached hydrogens (tertiary/aromatic N) is 2. The van der Waals surface area contributed by atoms with Crippen molar-refractivity contribution in [1.29, 1.82) is 0 Å². The van der Waals surface area contributed by atoms with E-state index in [1.165, 1.54) is 16.7 Å². The fourth-order valence-electron chi connectivity index (χ4n) is 4.99. The third-order valence-corrected chi connectivity index (χ3v) is 7.71. The topological polar surface area (TPSA) is 69.7 Å². The predicted molar refractivity (Wildman–Crippen MR) is 136 cm³/mol. The Balaban J connectivity index is 1.51. The van der Waals surface area contributed by atoms with Crippen LogP contribution in [0.15, 0.2) is 66.7 Å². The Morgan fingerprint density at radius 1 is 0.971 bits per heavy atom. The molecule has 1 spiro atoms. The van der Waals surface area contributed by atoms with Gasteiger partial charge in [-0.3, -0.25) is 24.2 Å². The molecule has 1 fully saturated rings. The summed E-state index contributed by atoms with van der Waals surface area (Å²) in [4.78, 5) is 42.0. The molecule has 0 bridgehead atoms. The first-order chi connectivity index (χ1) is 16.3. The van der Waals surface area contributed by atoms with E-state index >= 15 is 0 Å². The van der Waals surface area contributed by atoms with Crippen LogP contribution in [0.4, 0.5) is 17.1 Å². The van der Waals surface area contributed by atoms with Crippen LogP contribution in [0.1, 0.15) is 22.3 Å². The molecule has 1 N–H and O–H groups in total. The van der Waals surface area contributed by atoms with Gasteiger partial charge in [-0.1, -0.05) is 54.1 Å². The standard InChI is InChI=1S/C27H25N3O3S/c1-17-13-18(2)25(19(3)14-17)28-23(31)15-29-22-12-8-7-11-21(22)27(26(29)33)30(24(32)16-34-27)20-9-5-4-6-10-20/h4-14H,15-16H2,1-3H3,(H,28,31)/t27-/m0/s1. The zero-order valence-corrected chi connectivity index (χ0v) is 20.1. The number of hydrogen-bond acceptors (Lipinski definition) is 4. The molecule has 172 valence electrons. The summed E-state index contributed by atoms with van der Waals surface area (Å²) in [5, 5.41) is 2.99. The minimum absolute atomic E-state index is 0.128. The van der Waals surface area contributed by atoms with Gasteiger partial charge in [-0.25, -0.2) is 0 Å². The fourth-order valence-corrected chi connectivity index (χ4v) is 6.35. The summed E-state index contributed by atoms with van der Waals surface area (Å²) in [5.74, 6) is -0.496. The van der Waals surface area contributed by atoms with E-state index in [4.69, 9.17) is 0 Å². The quantitative estimate of drug-likeness (QED) is 0.607. The van der Waals surface area contributed by atoms with Crippen LogP contribution >= 0.6 is 11.8 Å². The smallest absolute Gasteiger partial charge is 0.269 e. The fraction of sp³-hybridized carbons (Fsp3) is 0.222. The molecule has 3 aromatic rings. The minimum Gasteiger partial charge on any atom is -0.324 e. The van der Waals surface area contributed by atoms with Gasteiger partial charge in [-0.15, -0.1) is 11.8 Å². The SMILES string of the molecule is Cc1cc(C)c(NC(=O)CN2C(=O)[C@@]3(SCC(=O)N3c3ccccc3)c3ccccc32)c(C)c1. The first-order valence-electron chi connectivity index (χ1n) is 11.1. The highest BCUT2D eigenvalue weighted by atomic mass is 32.2. The van der Waals surface area contributed by atoms with E-state index in [2.05, 4.69) is 5.32 Å². The Morgan fingerprint density at radius 2 is 1.62 bits per heavy atom. The number of anilines is 3. The summed E-state index contributed by atoms with van der Waals surface area (Å²) < 4.78 is 0. The average molecular weight is 472 g/mol. The van der Waals surface area contributed by atoms with Crippen LogP contribution in [0, 0.1) is 20.8 Å². The Labute approximate surface area is 202 Å². The van der Waals surface area contributed by atoms with E-state index in [0.29, 0.717) is 11.4 Å². The van der Waals surface area contributed by atoms with Crippen LogP contribution in [0.5, 0.6) is 0 Å².